The molecule has 0 saturated heterocycles. The first-order valence-electron chi connectivity index (χ1n) is 19.4. The molecule has 4 nitrogen and oxygen atoms in total. The van der Waals surface area contributed by atoms with Crippen LogP contribution in [-0.4, -0.2) is 27.8 Å². The zero-order chi connectivity index (χ0) is 37.5. The molecule has 12 rings (SSSR count). The van der Waals surface area contributed by atoms with Gasteiger partial charge in [-0.05, 0) is 6.07 Å². The Balaban J connectivity index is 1.19. The van der Waals surface area contributed by atoms with Crippen molar-refractivity contribution in [3.63, 3.8) is 0 Å². The monoisotopic (exact) mass is 789 g/mol. The van der Waals surface area contributed by atoms with Gasteiger partial charge in [-0.3, -0.25) is 0 Å². The van der Waals surface area contributed by atoms with Crippen LogP contribution < -0.4 is 17.6 Å². The summed E-state index contributed by atoms with van der Waals surface area (Å²) in [6, 6.07) is 72.1. The van der Waals surface area contributed by atoms with Gasteiger partial charge < -0.3 is 0 Å². The van der Waals surface area contributed by atoms with Crippen molar-refractivity contribution in [3.05, 3.63) is 200 Å². The molecule has 0 atom stereocenters. The summed E-state index contributed by atoms with van der Waals surface area (Å²) >= 11 is -3.68. The Bertz CT molecular complexity index is 3310. The Hall–Kier alpha value is -7.02. The van der Waals surface area contributed by atoms with Gasteiger partial charge in [0.05, 0.1) is 0 Å². The first-order valence-corrected chi connectivity index (χ1v) is 23.6. The topological polar surface area (TPSA) is 43.9 Å². The summed E-state index contributed by atoms with van der Waals surface area (Å²) in [4.78, 5) is 11.5. The number of aromatic nitrogens is 3. The summed E-state index contributed by atoms with van der Waals surface area (Å²) < 4.78 is 14.2. The Kier molecular flexibility index (Phi) is 7.07. The molecule has 0 fully saturated rings. The van der Waals surface area contributed by atoms with E-state index in [1.807, 2.05) is 12.1 Å². The van der Waals surface area contributed by atoms with Crippen LogP contribution >= 0.6 is 0 Å². The molecule has 0 bridgehead atoms. The summed E-state index contributed by atoms with van der Waals surface area (Å²) in [7, 11) is 0. The normalized spacial score (nSPS) is 13.1. The van der Waals surface area contributed by atoms with Gasteiger partial charge in [0.15, 0.2) is 0 Å². The van der Waals surface area contributed by atoms with Gasteiger partial charge in [-0.2, -0.15) is 0 Å². The molecule has 4 heterocycles. The van der Waals surface area contributed by atoms with Gasteiger partial charge in [-0.15, -0.1) is 0 Å². The number of para-hydroxylation sites is 3. The number of rotatable bonds is 5. The van der Waals surface area contributed by atoms with Gasteiger partial charge in [0.1, 0.15) is 0 Å². The number of hydrogen-bond acceptors (Lipinski definition) is 3. The maximum absolute atomic E-state index is 6.40. The van der Waals surface area contributed by atoms with Crippen LogP contribution in [0.3, 0.4) is 0 Å². The zero-order valence-electron chi connectivity index (χ0n) is 30.8. The summed E-state index contributed by atoms with van der Waals surface area (Å²) in [5.74, 6) is 0.707. The van der Waals surface area contributed by atoms with Gasteiger partial charge in [-0.25, -0.2) is 0 Å². The van der Waals surface area contributed by atoms with Crippen molar-refractivity contribution in [1.29, 1.82) is 0 Å². The second-order valence-corrected chi connectivity index (χ2v) is 22.6. The number of nitrogens with zero attached hydrogens (tertiary/aromatic N) is 3. The van der Waals surface area contributed by atoms with Gasteiger partial charge in [0.2, 0.25) is 0 Å². The third-order valence-corrected chi connectivity index (χ3v) is 22.1. The van der Waals surface area contributed by atoms with Crippen molar-refractivity contribution >= 4 is 74.6 Å². The molecule has 1 aliphatic rings. The van der Waals surface area contributed by atoms with E-state index in [-0.39, 0.29) is 0 Å². The van der Waals surface area contributed by atoms with E-state index in [1.54, 1.807) is 0 Å². The van der Waals surface area contributed by atoms with Crippen LogP contribution in [0.5, 0.6) is 0 Å². The minimum atomic E-state index is -3.68. The van der Waals surface area contributed by atoms with Crippen LogP contribution in [0.4, 0.5) is 0 Å². The molecule has 0 amide bonds. The van der Waals surface area contributed by atoms with Gasteiger partial charge in [0, 0.05) is 0 Å². The molecular weight excluding hydrogens is 755 g/mol. The molecule has 0 unspecified atom stereocenters. The van der Waals surface area contributed by atoms with E-state index in [4.69, 9.17) is 14.4 Å². The van der Waals surface area contributed by atoms with Crippen LogP contribution in [0.25, 0.3) is 83.3 Å². The van der Waals surface area contributed by atoms with Crippen LogP contribution in [0.2, 0.25) is 0 Å². The molecule has 0 aliphatic carbocycles. The van der Waals surface area contributed by atoms with E-state index in [1.165, 1.54) is 28.5 Å². The molecule has 0 radical (unpaired) electrons. The molecule has 11 aromatic rings. The second kappa shape index (κ2) is 12.5. The molecule has 0 saturated carbocycles. The second-order valence-electron chi connectivity index (χ2n) is 14.8. The summed E-state index contributed by atoms with van der Waals surface area (Å²) in [5.41, 5.74) is 10.3. The number of furan rings is 1. The predicted molar refractivity (Wildman–Crippen MR) is 237 cm³/mol. The van der Waals surface area contributed by atoms with Crippen molar-refractivity contribution < 1.29 is 4.42 Å². The number of benzene rings is 8. The standard InChI is InChI=1S/C52H33GeN3O/c1-4-18-34(19-5-1)50-49-51(39-26-10-14-28-43(39)53(49,35-20-6-2-7-21-35)36-22-8-3-9-23-36)55-52(54-50)40-27-12-16-30-45(40)56-44-29-15-11-24-37(44)41-33-48-42(32-46(41)56)38-25-13-17-31-47(38)57-48/h1-33H. The number of fused-ring (bicyclic) bond motifs is 9. The SMILES string of the molecule is c1ccc(-c2nc(-c3ccccc3-n3c4ccccc4c4cc5oc6ccccc6c5cc43)nc3[c]2[Ge]([c]2ccccc2)([c]2ccccc2)[c]2ccccc2-3)cc1. The summed E-state index contributed by atoms with van der Waals surface area (Å²) in [6.45, 7) is 0. The Labute approximate surface area is 331 Å². The summed E-state index contributed by atoms with van der Waals surface area (Å²) in [6.07, 6.45) is 0. The van der Waals surface area contributed by atoms with E-state index < -0.39 is 13.3 Å². The molecular formula is C52H33GeN3O. The predicted octanol–water partition coefficient (Wildman–Crippen LogP) is 10.2. The minimum absolute atomic E-state index is 0.707. The molecule has 8 aromatic carbocycles. The first kappa shape index (κ1) is 32.2. The fourth-order valence-electron chi connectivity index (χ4n) is 9.53. The molecule has 5 heteroatoms. The number of hydrogen-bond donors (Lipinski definition) is 0. The van der Waals surface area contributed by atoms with Crippen LogP contribution in [0, 0.1) is 0 Å². The van der Waals surface area contributed by atoms with E-state index in [2.05, 4.69) is 193 Å². The van der Waals surface area contributed by atoms with Crippen molar-refractivity contribution in [2.24, 2.45) is 0 Å². The van der Waals surface area contributed by atoms with Gasteiger partial charge in [-0.1, -0.05) is 12.1 Å². The molecule has 0 spiro atoms. The van der Waals surface area contributed by atoms with E-state index in [0.717, 1.165) is 66.6 Å². The van der Waals surface area contributed by atoms with Gasteiger partial charge >= 0.3 is 315 Å². The Morgan fingerprint density at radius 1 is 0.421 bits per heavy atom. The van der Waals surface area contributed by atoms with Crippen LogP contribution in [0.1, 0.15) is 0 Å². The Morgan fingerprint density at radius 3 is 1.79 bits per heavy atom. The molecule has 3 aromatic heterocycles. The summed E-state index contributed by atoms with van der Waals surface area (Å²) in [5, 5.41) is 4.52. The third-order valence-electron chi connectivity index (χ3n) is 11.9. The fraction of sp³-hybridized carbons (Fsp3) is 0. The van der Waals surface area contributed by atoms with E-state index >= 15 is 0 Å². The Morgan fingerprint density at radius 2 is 1.02 bits per heavy atom. The maximum atomic E-state index is 6.40. The van der Waals surface area contributed by atoms with E-state index in [9.17, 15) is 0 Å². The van der Waals surface area contributed by atoms with Gasteiger partial charge in [0.25, 0.3) is 0 Å². The molecule has 1 aliphatic heterocycles. The van der Waals surface area contributed by atoms with Crippen molar-refractivity contribution in [2.75, 3.05) is 0 Å². The van der Waals surface area contributed by atoms with Crippen LogP contribution in [0.15, 0.2) is 205 Å². The average molecular weight is 788 g/mol. The van der Waals surface area contributed by atoms with Crippen LogP contribution in [-0.2, 0) is 0 Å². The van der Waals surface area contributed by atoms with Crippen molar-refractivity contribution in [3.8, 4) is 39.6 Å². The van der Waals surface area contributed by atoms with Crippen molar-refractivity contribution in [1.82, 2.24) is 14.5 Å². The van der Waals surface area contributed by atoms with Crippen molar-refractivity contribution in [2.45, 2.75) is 0 Å². The molecule has 57 heavy (non-hydrogen) atoms. The first-order chi connectivity index (χ1) is 28.3. The zero-order valence-corrected chi connectivity index (χ0v) is 32.9. The molecule has 0 N–H and O–H groups in total. The molecule has 266 valence electrons. The van der Waals surface area contributed by atoms with E-state index in [0.29, 0.717) is 5.82 Å². The average Bonchev–Trinajstić information content (AvgIpc) is 3.92. The quantitative estimate of drug-likeness (QED) is 0.163. The third kappa shape index (κ3) is 4.62. The fourth-order valence-corrected chi connectivity index (χ4v) is 20.5.